The Kier molecular flexibility index (Phi) is 5.33. The van der Waals surface area contributed by atoms with Crippen LogP contribution < -0.4 is 10.6 Å². The molecular weight excluding hydrogens is 418 g/mol. The highest BCUT2D eigenvalue weighted by atomic mass is 16.5. The molecule has 1 saturated heterocycles. The van der Waals surface area contributed by atoms with Crippen molar-refractivity contribution >= 4 is 17.4 Å². The number of nitrogens with two attached hydrogens (primary N) is 1. The summed E-state index contributed by atoms with van der Waals surface area (Å²) in [6, 6.07) is 12.2. The number of amides is 1. The smallest absolute Gasteiger partial charge is 0.269 e. The molecule has 4 heterocycles. The molecule has 3 aromatic heterocycles. The molecule has 33 heavy (non-hydrogen) atoms. The zero-order chi connectivity index (χ0) is 23.1. The van der Waals surface area contributed by atoms with Gasteiger partial charge in [-0.15, -0.1) is 0 Å². The summed E-state index contributed by atoms with van der Waals surface area (Å²) in [5, 5.41) is 9.36. The van der Waals surface area contributed by atoms with Gasteiger partial charge in [-0.3, -0.25) is 4.79 Å². The van der Waals surface area contributed by atoms with Crippen molar-refractivity contribution in [3.8, 4) is 17.1 Å². The number of rotatable bonds is 5. The molecule has 1 amide bonds. The lowest BCUT2D eigenvalue weighted by Crippen LogP contribution is -2.37. The van der Waals surface area contributed by atoms with E-state index in [0.29, 0.717) is 24.7 Å². The van der Waals surface area contributed by atoms with E-state index < -0.39 is 5.91 Å². The van der Waals surface area contributed by atoms with Gasteiger partial charge in [0.25, 0.3) is 5.91 Å². The van der Waals surface area contributed by atoms with Crippen LogP contribution in [0.25, 0.3) is 22.7 Å². The van der Waals surface area contributed by atoms with E-state index in [1.54, 1.807) is 9.20 Å². The van der Waals surface area contributed by atoms with Crippen LogP contribution in [0, 0.1) is 6.92 Å². The van der Waals surface area contributed by atoms with E-state index >= 15 is 0 Å². The molecule has 1 aliphatic rings. The van der Waals surface area contributed by atoms with Crippen molar-refractivity contribution in [2.24, 2.45) is 5.73 Å². The van der Waals surface area contributed by atoms with E-state index in [2.05, 4.69) is 29.1 Å². The summed E-state index contributed by atoms with van der Waals surface area (Å²) < 4.78 is 9.03. The highest BCUT2D eigenvalue weighted by Crippen LogP contribution is 2.29. The third-order valence-corrected chi connectivity index (χ3v) is 5.88. The minimum atomic E-state index is -0.556. The van der Waals surface area contributed by atoms with Gasteiger partial charge in [0, 0.05) is 36.5 Å². The Morgan fingerprint density at radius 3 is 2.61 bits per heavy atom. The van der Waals surface area contributed by atoms with Gasteiger partial charge in [-0.25, -0.2) is 9.67 Å². The topological polar surface area (TPSA) is 104 Å². The number of benzene rings is 1. The second-order valence-corrected chi connectivity index (χ2v) is 8.60. The first-order chi connectivity index (χ1) is 15.9. The van der Waals surface area contributed by atoms with Crippen molar-refractivity contribution in [3.63, 3.8) is 0 Å². The molecular formula is C24H27N7O2. The summed E-state index contributed by atoms with van der Waals surface area (Å²) in [6.45, 7) is 8.77. The molecule has 1 aliphatic heterocycles. The number of hydrogen-bond donors (Lipinski definition) is 1. The van der Waals surface area contributed by atoms with Crippen LogP contribution in [0.1, 0.15) is 41.4 Å². The maximum absolute atomic E-state index is 12.2. The van der Waals surface area contributed by atoms with Gasteiger partial charge < -0.3 is 15.4 Å². The zero-order valence-electron chi connectivity index (χ0n) is 19.0. The minimum Gasteiger partial charge on any atom is -0.378 e. The van der Waals surface area contributed by atoms with Gasteiger partial charge in [0.15, 0.2) is 17.2 Å². The first-order valence-electron chi connectivity index (χ1n) is 11.1. The Labute approximate surface area is 191 Å². The summed E-state index contributed by atoms with van der Waals surface area (Å²) in [5.41, 5.74) is 10.4. The maximum atomic E-state index is 12.2. The normalized spacial score (nSPS) is 14.4. The van der Waals surface area contributed by atoms with Crippen LogP contribution in [0.15, 0.2) is 42.6 Å². The van der Waals surface area contributed by atoms with Crippen LogP contribution in [0.5, 0.6) is 0 Å². The highest BCUT2D eigenvalue weighted by molar-refractivity contribution is 5.94. The molecule has 9 nitrogen and oxygen atoms in total. The standard InChI is InChI=1S/C24H27N7O2/c1-15(2)21-22(23(25)32)28-31-20(29-9-11-33-12-10-29)14-19(26-24(21)31)30-8-7-18(27-30)17-6-4-5-16(3)13-17/h4-8,13-15H,9-12H2,1-3H3,(H2,25,32). The van der Waals surface area contributed by atoms with E-state index in [-0.39, 0.29) is 11.6 Å². The molecule has 0 unspecified atom stereocenters. The lowest BCUT2D eigenvalue weighted by Gasteiger charge is -2.29. The zero-order valence-corrected chi connectivity index (χ0v) is 19.0. The van der Waals surface area contributed by atoms with Gasteiger partial charge in [-0.1, -0.05) is 37.6 Å². The van der Waals surface area contributed by atoms with Gasteiger partial charge in [-0.05, 0) is 25.0 Å². The lowest BCUT2D eigenvalue weighted by molar-refractivity contribution is 0.0994. The van der Waals surface area contributed by atoms with Crippen LogP contribution >= 0.6 is 0 Å². The Morgan fingerprint density at radius 2 is 1.91 bits per heavy atom. The van der Waals surface area contributed by atoms with E-state index in [1.165, 1.54) is 5.56 Å². The monoisotopic (exact) mass is 445 g/mol. The van der Waals surface area contributed by atoms with Crippen LogP contribution in [-0.2, 0) is 4.74 Å². The maximum Gasteiger partial charge on any atom is 0.269 e. The quantitative estimate of drug-likeness (QED) is 0.507. The van der Waals surface area contributed by atoms with Gasteiger partial charge >= 0.3 is 0 Å². The van der Waals surface area contributed by atoms with Crippen molar-refractivity contribution in [3.05, 3.63) is 59.4 Å². The predicted octanol–water partition coefficient (Wildman–Crippen LogP) is 2.95. The summed E-state index contributed by atoms with van der Waals surface area (Å²) in [7, 11) is 0. The molecule has 1 fully saturated rings. The SMILES string of the molecule is Cc1cccc(-c2ccn(-c3cc(N4CCOCC4)n4nc(C(N)=O)c(C(C)C)c4n3)n2)c1. The van der Waals surface area contributed by atoms with Crippen molar-refractivity contribution in [1.82, 2.24) is 24.4 Å². The summed E-state index contributed by atoms with van der Waals surface area (Å²) in [5.74, 6) is 0.950. The molecule has 0 atom stereocenters. The molecule has 0 radical (unpaired) electrons. The second-order valence-electron chi connectivity index (χ2n) is 8.60. The average Bonchev–Trinajstić information content (AvgIpc) is 3.44. The molecule has 4 aromatic rings. The fourth-order valence-electron chi connectivity index (χ4n) is 4.26. The Balaban J connectivity index is 1.69. The van der Waals surface area contributed by atoms with E-state index in [0.717, 1.165) is 35.7 Å². The molecule has 0 saturated carbocycles. The van der Waals surface area contributed by atoms with E-state index in [1.807, 2.05) is 44.3 Å². The molecule has 9 heteroatoms. The number of aromatic nitrogens is 5. The number of ether oxygens (including phenoxy) is 1. The number of anilines is 1. The molecule has 5 rings (SSSR count). The van der Waals surface area contributed by atoms with E-state index in [9.17, 15) is 4.79 Å². The fraction of sp³-hybridized carbons (Fsp3) is 0.333. The van der Waals surface area contributed by atoms with Crippen molar-refractivity contribution in [2.45, 2.75) is 26.7 Å². The van der Waals surface area contributed by atoms with Crippen molar-refractivity contribution in [1.29, 1.82) is 0 Å². The van der Waals surface area contributed by atoms with Crippen LogP contribution in [-0.4, -0.2) is 56.6 Å². The lowest BCUT2D eigenvalue weighted by atomic mass is 10.0. The fourth-order valence-corrected chi connectivity index (χ4v) is 4.26. The Morgan fingerprint density at radius 1 is 1.12 bits per heavy atom. The minimum absolute atomic E-state index is 0.0192. The van der Waals surface area contributed by atoms with Crippen molar-refractivity contribution in [2.75, 3.05) is 31.2 Å². The number of aryl methyl sites for hydroxylation is 1. The third kappa shape index (κ3) is 3.84. The highest BCUT2D eigenvalue weighted by Gasteiger charge is 2.26. The molecule has 0 aliphatic carbocycles. The van der Waals surface area contributed by atoms with Gasteiger partial charge in [0.1, 0.15) is 5.82 Å². The second kappa shape index (κ2) is 8.32. The first kappa shape index (κ1) is 21.1. The molecule has 2 N–H and O–H groups in total. The molecule has 0 spiro atoms. The number of nitrogens with zero attached hydrogens (tertiary/aromatic N) is 6. The number of carbonyl (C=O) groups excluding carboxylic acids is 1. The summed E-state index contributed by atoms with van der Waals surface area (Å²) in [4.78, 5) is 19.3. The number of hydrogen-bond acceptors (Lipinski definition) is 6. The number of carbonyl (C=O) groups is 1. The van der Waals surface area contributed by atoms with Crippen LogP contribution in [0.4, 0.5) is 5.82 Å². The van der Waals surface area contributed by atoms with Crippen LogP contribution in [0.2, 0.25) is 0 Å². The molecule has 1 aromatic carbocycles. The van der Waals surface area contributed by atoms with Gasteiger partial charge in [-0.2, -0.15) is 14.7 Å². The van der Waals surface area contributed by atoms with Gasteiger partial charge in [0.05, 0.1) is 18.9 Å². The molecule has 170 valence electrons. The first-order valence-corrected chi connectivity index (χ1v) is 11.1. The molecule has 0 bridgehead atoms. The number of primary amides is 1. The third-order valence-electron chi connectivity index (χ3n) is 5.88. The van der Waals surface area contributed by atoms with E-state index in [4.69, 9.17) is 20.6 Å². The summed E-state index contributed by atoms with van der Waals surface area (Å²) >= 11 is 0. The Bertz CT molecular complexity index is 1330. The van der Waals surface area contributed by atoms with Crippen LogP contribution in [0.3, 0.4) is 0 Å². The average molecular weight is 446 g/mol. The van der Waals surface area contributed by atoms with Gasteiger partial charge in [0.2, 0.25) is 0 Å². The largest absolute Gasteiger partial charge is 0.378 e. The summed E-state index contributed by atoms with van der Waals surface area (Å²) in [6.07, 6.45) is 1.90. The number of morpholine rings is 1. The van der Waals surface area contributed by atoms with Crippen molar-refractivity contribution < 1.29 is 9.53 Å². The predicted molar refractivity (Wildman–Crippen MR) is 126 cm³/mol. The number of fused-ring (bicyclic) bond motifs is 1. The Hall–Kier alpha value is -3.72.